The molecule has 3 aliphatic rings. The minimum Gasteiger partial charge on any atom is -0.350 e. The second-order valence-corrected chi connectivity index (χ2v) is 8.56. The number of halogens is 1. The standard InChI is InChI=1S/C20H34N4O3.ClH/c1-2-14-8-10-20(11-9-14)18(26)24(19(27)23-20)13-17(25)22-16(12-21)15-6-4-3-5-7-15;/h14-16H,2-13,21H2,1H3,(H,22,25)(H,23,27);1H. The topological polar surface area (TPSA) is 105 Å². The molecule has 160 valence electrons. The van der Waals surface area contributed by atoms with Gasteiger partial charge in [-0.2, -0.15) is 0 Å². The van der Waals surface area contributed by atoms with Gasteiger partial charge in [-0.15, -0.1) is 12.4 Å². The lowest BCUT2D eigenvalue weighted by Gasteiger charge is -2.34. The molecule has 1 atom stereocenters. The molecular weight excluding hydrogens is 380 g/mol. The lowest BCUT2D eigenvalue weighted by molar-refractivity contribution is -0.136. The normalized spacial score (nSPS) is 29.4. The van der Waals surface area contributed by atoms with Gasteiger partial charge >= 0.3 is 6.03 Å². The molecule has 0 aromatic rings. The number of hydrogen-bond donors (Lipinski definition) is 3. The van der Waals surface area contributed by atoms with Gasteiger partial charge in [0.1, 0.15) is 12.1 Å². The summed E-state index contributed by atoms with van der Waals surface area (Å²) in [6.07, 6.45) is 10.1. The van der Waals surface area contributed by atoms with Crippen LogP contribution in [0, 0.1) is 11.8 Å². The zero-order chi connectivity index (χ0) is 19.4. The Morgan fingerprint density at radius 2 is 1.86 bits per heavy atom. The molecular formula is C20H35ClN4O3. The van der Waals surface area contributed by atoms with E-state index in [4.69, 9.17) is 5.73 Å². The van der Waals surface area contributed by atoms with Crippen molar-refractivity contribution in [3.63, 3.8) is 0 Å². The van der Waals surface area contributed by atoms with Gasteiger partial charge in [0, 0.05) is 12.6 Å². The highest BCUT2D eigenvalue weighted by Crippen LogP contribution is 2.37. The van der Waals surface area contributed by atoms with E-state index >= 15 is 0 Å². The molecule has 0 bridgehead atoms. The summed E-state index contributed by atoms with van der Waals surface area (Å²) in [5.41, 5.74) is 5.09. The van der Waals surface area contributed by atoms with E-state index in [1.807, 2.05) is 0 Å². The fourth-order valence-electron chi connectivity index (χ4n) is 5.04. The Morgan fingerprint density at radius 1 is 1.21 bits per heavy atom. The van der Waals surface area contributed by atoms with Crippen molar-refractivity contribution in [1.82, 2.24) is 15.5 Å². The Kier molecular flexibility index (Phi) is 8.13. The maximum absolute atomic E-state index is 12.9. The van der Waals surface area contributed by atoms with Crippen molar-refractivity contribution >= 4 is 30.3 Å². The lowest BCUT2D eigenvalue weighted by atomic mass is 9.75. The maximum Gasteiger partial charge on any atom is 0.325 e. The largest absolute Gasteiger partial charge is 0.350 e. The highest BCUT2D eigenvalue weighted by molar-refractivity contribution is 6.09. The number of urea groups is 1. The average Bonchev–Trinajstić information content (AvgIpc) is 2.91. The summed E-state index contributed by atoms with van der Waals surface area (Å²) in [5, 5.41) is 5.86. The summed E-state index contributed by atoms with van der Waals surface area (Å²) in [4.78, 5) is 38.9. The van der Waals surface area contributed by atoms with Crippen molar-refractivity contribution in [2.24, 2.45) is 17.6 Å². The van der Waals surface area contributed by atoms with Crippen molar-refractivity contribution in [1.29, 1.82) is 0 Å². The first kappa shape index (κ1) is 22.9. The summed E-state index contributed by atoms with van der Waals surface area (Å²) in [7, 11) is 0. The number of imide groups is 1. The molecule has 1 heterocycles. The van der Waals surface area contributed by atoms with Crippen molar-refractivity contribution in [2.75, 3.05) is 13.1 Å². The molecule has 8 heteroatoms. The second-order valence-electron chi connectivity index (χ2n) is 8.56. The molecule has 0 aromatic heterocycles. The number of nitrogens with one attached hydrogen (secondary N) is 2. The number of carbonyl (C=O) groups is 3. The third-order valence-electron chi connectivity index (χ3n) is 6.90. The summed E-state index contributed by atoms with van der Waals surface area (Å²) >= 11 is 0. The second kappa shape index (κ2) is 9.92. The Balaban J connectivity index is 0.00000280. The molecule has 1 unspecified atom stereocenters. The smallest absolute Gasteiger partial charge is 0.325 e. The van der Waals surface area contributed by atoms with Crippen molar-refractivity contribution in [2.45, 2.75) is 82.7 Å². The zero-order valence-electron chi connectivity index (χ0n) is 16.9. The van der Waals surface area contributed by atoms with E-state index in [1.54, 1.807) is 0 Å². The van der Waals surface area contributed by atoms with Gasteiger partial charge in [0.2, 0.25) is 5.91 Å². The fourth-order valence-corrected chi connectivity index (χ4v) is 5.04. The van der Waals surface area contributed by atoms with Gasteiger partial charge in [-0.1, -0.05) is 32.6 Å². The fraction of sp³-hybridized carbons (Fsp3) is 0.850. The van der Waals surface area contributed by atoms with Crippen LogP contribution in [0.3, 0.4) is 0 Å². The van der Waals surface area contributed by atoms with Crippen LogP contribution in [0.2, 0.25) is 0 Å². The van der Waals surface area contributed by atoms with E-state index in [2.05, 4.69) is 17.6 Å². The molecule has 1 saturated heterocycles. The number of nitrogens with zero attached hydrogens (tertiary/aromatic N) is 1. The number of carbonyl (C=O) groups excluding carboxylic acids is 3. The van der Waals surface area contributed by atoms with Crippen LogP contribution in [0.1, 0.15) is 71.1 Å². The van der Waals surface area contributed by atoms with Crippen LogP contribution in [0.4, 0.5) is 4.79 Å². The zero-order valence-corrected chi connectivity index (χ0v) is 17.7. The molecule has 3 fully saturated rings. The molecule has 1 aliphatic heterocycles. The molecule has 28 heavy (non-hydrogen) atoms. The van der Waals surface area contributed by atoms with Gasteiger partial charge in [0.05, 0.1) is 0 Å². The Bertz CT molecular complexity index is 572. The van der Waals surface area contributed by atoms with Crippen molar-refractivity contribution < 1.29 is 14.4 Å². The summed E-state index contributed by atoms with van der Waals surface area (Å²) in [5.74, 6) is 0.489. The molecule has 4 N–H and O–H groups in total. The molecule has 4 amide bonds. The van der Waals surface area contributed by atoms with Gasteiger partial charge < -0.3 is 16.4 Å². The van der Waals surface area contributed by atoms with Gasteiger partial charge in [0.25, 0.3) is 5.91 Å². The summed E-state index contributed by atoms with van der Waals surface area (Å²) in [6.45, 7) is 2.33. The van der Waals surface area contributed by atoms with E-state index in [0.29, 0.717) is 31.2 Å². The molecule has 3 rings (SSSR count). The molecule has 7 nitrogen and oxygen atoms in total. The molecule has 1 spiro atoms. The van der Waals surface area contributed by atoms with Gasteiger partial charge in [0.15, 0.2) is 0 Å². The van der Waals surface area contributed by atoms with Crippen LogP contribution < -0.4 is 16.4 Å². The van der Waals surface area contributed by atoms with Crippen LogP contribution in [0.5, 0.6) is 0 Å². The van der Waals surface area contributed by atoms with Crippen molar-refractivity contribution in [3.05, 3.63) is 0 Å². The van der Waals surface area contributed by atoms with Crippen LogP contribution in [0.25, 0.3) is 0 Å². The average molecular weight is 415 g/mol. The Labute approximate surface area is 173 Å². The molecule has 0 radical (unpaired) electrons. The first-order valence-electron chi connectivity index (χ1n) is 10.6. The Hall–Kier alpha value is -1.34. The van der Waals surface area contributed by atoms with Gasteiger partial charge in [-0.3, -0.25) is 14.5 Å². The third-order valence-corrected chi connectivity index (χ3v) is 6.90. The predicted octanol–water partition coefficient (Wildman–Crippen LogP) is 2.32. The van der Waals surface area contributed by atoms with E-state index in [0.717, 1.165) is 37.0 Å². The van der Waals surface area contributed by atoms with Crippen LogP contribution >= 0.6 is 12.4 Å². The lowest BCUT2D eigenvalue weighted by Crippen LogP contribution is -2.51. The molecule has 2 aliphatic carbocycles. The molecule has 2 saturated carbocycles. The van der Waals surface area contributed by atoms with Crippen molar-refractivity contribution in [3.8, 4) is 0 Å². The van der Waals surface area contributed by atoms with Crippen LogP contribution in [-0.4, -0.2) is 47.4 Å². The van der Waals surface area contributed by atoms with E-state index < -0.39 is 11.6 Å². The predicted molar refractivity (Wildman–Crippen MR) is 110 cm³/mol. The quantitative estimate of drug-likeness (QED) is 0.580. The number of nitrogens with two attached hydrogens (primary N) is 1. The third kappa shape index (κ3) is 4.79. The van der Waals surface area contributed by atoms with Gasteiger partial charge in [-0.05, 0) is 50.4 Å². The summed E-state index contributed by atoms with van der Waals surface area (Å²) in [6, 6.07) is -0.514. The van der Waals surface area contributed by atoms with Gasteiger partial charge in [-0.25, -0.2) is 4.79 Å². The van der Waals surface area contributed by atoms with E-state index in [-0.39, 0.29) is 36.8 Å². The van der Waals surface area contributed by atoms with Crippen LogP contribution in [0.15, 0.2) is 0 Å². The molecule has 0 aromatic carbocycles. The Morgan fingerprint density at radius 3 is 2.43 bits per heavy atom. The van der Waals surface area contributed by atoms with E-state index in [9.17, 15) is 14.4 Å². The highest BCUT2D eigenvalue weighted by Gasteiger charge is 2.52. The summed E-state index contributed by atoms with van der Waals surface area (Å²) < 4.78 is 0. The number of amides is 4. The first-order valence-corrected chi connectivity index (χ1v) is 10.6. The van der Waals surface area contributed by atoms with E-state index in [1.165, 1.54) is 19.3 Å². The maximum atomic E-state index is 12.9. The van der Waals surface area contributed by atoms with Crippen LogP contribution in [-0.2, 0) is 9.59 Å². The number of rotatable bonds is 6. The SMILES string of the molecule is CCC1CCC2(CC1)NC(=O)N(CC(=O)NC(CN)C1CCCCC1)C2=O.Cl. The number of hydrogen-bond acceptors (Lipinski definition) is 4. The monoisotopic (exact) mass is 414 g/mol. The first-order chi connectivity index (χ1) is 13.0. The highest BCUT2D eigenvalue weighted by atomic mass is 35.5. The minimum absolute atomic E-state index is 0. The minimum atomic E-state index is -0.792.